The molecule has 0 bridgehead atoms. The molecule has 2 heterocycles. The van der Waals surface area contributed by atoms with Crippen molar-refractivity contribution in [2.45, 2.75) is 52.2 Å². The van der Waals surface area contributed by atoms with Crippen LogP contribution in [-0.4, -0.2) is 38.3 Å². The molecular formula is C15H24N4O2. The number of nitrogens with one attached hydrogen (secondary N) is 1. The molecule has 2 atom stereocenters. The summed E-state index contributed by atoms with van der Waals surface area (Å²) in [5.41, 5.74) is 0. The Morgan fingerprint density at radius 2 is 2.10 bits per heavy atom. The van der Waals surface area contributed by atoms with Crippen molar-refractivity contribution in [2.75, 3.05) is 0 Å². The van der Waals surface area contributed by atoms with Gasteiger partial charge < -0.3 is 14.8 Å². The Morgan fingerprint density at radius 1 is 1.38 bits per heavy atom. The van der Waals surface area contributed by atoms with E-state index in [-0.39, 0.29) is 11.8 Å². The largest absolute Gasteiger partial charge is 0.342 e. The van der Waals surface area contributed by atoms with E-state index in [0.717, 1.165) is 5.82 Å². The van der Waals surface area contributed by atoms with Crippen LogP contribution < -0.4 is 5.32 Å². The monoisotopic (exact) mass is 292 g/mol. The van der Waals surface area contributed by atoms with Gasteiger partial charge in [0.05, 0.1) is 6.54 Å². The van der Waals surface area contributed by atoms with Crippen molar-refractivity contribution < 1.29 is 9.59 Å². The van der Waals surface area contributed by atoms with Crippen LogP contribution in [0.5, 0.6) is 0 Å². The maximum Gasteiger partial charge on any atom is 0.246 e. The van der Waals surface area contributed by atoms with Crippen LogP contribution in [0.2, 0.25) is 0 Å². The molecule has 1 aliphatic rings. The molecule has 1 N–H and O–H groups in total. The fraction of sp³-hybridized carbons (Fsp3) is 0.667. The van der Waals surface area contributed by atoms with E-state index in [9.17, 15) is 9.59 Å². The molecule has 1 aromatic heterocycles. The van der Waals surface area contributed by atoms with E-state index in [2.05, 4.69) is 24.1 Å². The van der Waals surface area contributed by atoms with Gasteiger partial charge in [-0.1, -0.05) is 20.8 Å². The SMILES string of the molecule is CCC1C(=O)NC(CC(C)C)C(=O)N1Cc1nccn1C. The van der Waals surface area contributed by atoms with Crippen LogP contribution in [0.1, 0.15) is 39.4 Å². The third-order valence-corrected chi connectivity index (χ3v) is 3.90. The standard InChI is InChI=1S/C15H24N4O2/c1-5-12-14(20)17-11(8-10(2)3)15(21)19(12)9-13-16-6-7-18(13)4/h6-7,10-12H,5,8-9H2,1-4H3,(H,17,20). The molecule has 2 unspecified atom stereocenters. The molecule has 0 radical (unpaired) electrons. The van der Waals surface area contributed by atoms with Crippen LogP contribution in [0, 0.1) is 5.92 Å². The molecule has 0 spiro atoms. The van der Waals surface area contributed by atoms with Gasteiger partial charge in [0.1, 0.15) is 17.9 Å². The van der Waals surface area contributed by atoms with Gasteiger partial charge in [-0.2, -0.15) is 0 Å². The van der Waals surface area contributed by atoms with Crippen molar-refractivity contribution in [1.29, 1.82) is 0 Å². The fourth-order valence-corrected chi connectivity index (χ4v) is 2.75. The molecule has 1 aromatic rings. The Hall–Kier alpha value is -1.85. The molecule has 1 saturated heterocycles. The maximum atomic E-state index is 12.7. The summed E-state index contributed by atoms with van der Waals surface area (Å²) in [5.74, 6) is 1.09. The molecule has 6 heteroatoms. The quantitative estimate of drug-likeness (QED) is 0.883. The molecule has 0 aromatic carbocycles. The lowest BCUT2D eigenvalue weighted by molar-refractivity contribution is -0.150. The van der Waals surface area contributed by atoms with Crippen LogP contribution >= 0.6 is 0 Å². The molecule has 2 rings (SSSR count). The molecule has 0 aliphatic carbocycles. The van der Waals surface area contributed by atoms with E-state index in [0.29, 0.717) is 25.3 Å². The van der Waals surface area contributed by atoms with Gasteiger partial charge in [0.15, 0.2) is 0 Å². The summed E-state index contributed by atoms with van der Waals surface area (Å²) in [4.78, 5) is 30.9. The maximum absolute atomic E-state index is 12.7. The van der Waals surface area contributed by atoms with E-state index >= 15 is 0 Å². The second-order valence-electron chi connectivity index (χ2n) is 6.04. The van der Waals surface area contributed by atoms with Gasteiger partial charge in [-0.3, -0.25) is 9.59 Å². The Kier molecular flexibility index (Phi) is 4.65. The molecule has 1 fully saturated rings. The molecule has 1 aliphatic heterocycles. The van der Waals surface area contributed by atoms with Gasteiger partial charge in [-0.05, 0) is 18.8 Å². The fourth-order valence-electron chi connectivity index (χ4n) is 2.75. The first-order valence-corrected chi connectivity index (χ1v) is 7.51. The summed E-state index contributed by atoms with van der Waals surface area (Å²) in [5, 5.41) is 2.87. The number of amides is 2. The number of hydrogen-bond donors (Lipinski definition) is 1. The number of hydrogen-bond acceptors (Lipinski definition) is 3. The average Bonchev–Trinajstić information content (AvgIpc) is 2.80. The first kappa shape index (κ1) is 15.5. The van der Waals surface area contributed by atoms with Gasteiger partial charge in [0.2, 0.25) is 11.8 Å². The van der Waals surface area contributed by atoms with Gasteiger partial charge in [-0.15, -0.1) is 0 Å². The van der Waals surface area contributed by atoms with E-state index in [1.165, 1.54) is 0 Å². The van der Waals surface area contributed by atoms with Crippen molar-refractivity contribution in [3.05, 3.63) is 18.2 Å². The summed E-state index contributed by atoms with van der Waals surface area (Å²) < 4.78 is 1.88. The molecule has 0 saturated carbocycles. The molecule has 21 heavy (non-hydrogen) atoms. The third kappa shape index (κ3) is 3.25. The van der Waals surface area contributed by atoms with E-state index in [1.54, 1.807) is 11.1 Å². The summed E-state index contributed by atoms with van der Waals surface area (Å²) >= 11 is 0. The summed E-state index contributed by atoms with van der Waals surface area (Å²) in [6, 6.07) is -0.821. The van der Waals surface area contributed by atoms with Crippen LogP contribution in [0.25, 0.3) is 0 Å². The number of imidazole rings is 1. The number of carbonyl (C=O) groups is 2. The zero-order valence-corrected chi connectivity index (χ0v) is 13.2. The average molecular weight is 292 g/mol. The summed E-state index contributed by atoms with van der Waals surface area (Å²) in [6.45, 7) is 6.40. The number of piperazine rings is 1. The van der Waals surface area contributed by atoms with Crippen molar-refractivity contribution in [2.24, 2.45) is 13.0 Å². The molecule has 2 amide bonds. The van der Waals surface area contributed by atoms with Gasteiger partial charge in [-0.25, -0.2) is 4.98 Å². The van der Waals surface area contributed by atoms with Crippen LogP contribution in [0.4, 0.5) is 0 Å². The Balaban J connectivity index is 2.22. The van der Waals surface area contributed by atoms with Crippen molar-refractivity contribution in [1.82, 2.24) is 19.8 Å². The van der Waals surface area contributed by atoms with Crippen LogP contribution in [0.15, 0.2) is 12.4 Å². The predicted molar refractivity (Wildman–Crippen MR) is 79.2 cm³/mol. The van der Waals surface area contributed by atoms with Crippen molar-refractivity contribution in [3.63, 3.8) is 0 Å². The smallest absolute Gasteiger partial charge is 0.246 e. The van der Waals surface area contributed by atoms with Gasteiger partial charge in [0.25, 0.3) is 0 Å². The highest BCUT2D eigenvalue weighted by Gasteiger charge is 2.39. The highest BCUT2D eigenvalue weighted by Crippen LogP contribution is 2.19. The van der Waals surface area contributed by atoms with E-state index in [1.807, 2.05) is 24.7 Å². The van der Waals surface area contributed by atoms with Crippen LogP contribution in [0.3, 0.4) is 0 Å². The lowest BCUT2D eigenvalue weighted by atomic mass is 9.97. The van der Waals surface area contributed by atoms with Crippen molar-refractivity contribution >= 4 is 11.8 Å². The Morgan fingerprint density at radius 3 is 2.62 bits per heavy atom. The zero-order chi connectivity index (χ0) is 15.6. The summed E-state index contributed by atoms with van der Waals surface area (Å²) in [7, 11) is 1.89. The first-order valence-electron chi connectivity index (χ1n) is 7.51. The van der Waals surface area contributed by atoms with Crippen molar-refractivity contribution in [3.8, 4) is 0 Å². The van der Waals surface area contributed by atoms with E-state index in [4.69, 9.17) is 0 Å². The highest BCUT2D eigenvalue weighted by atomic mass is 16.2. The zero-order valence-electron chi connectivity index (χ0n) is 13.2. The summed E-state index contributed by atoms with van der Waals surface area (Å²) in [6.07, 6.45) is 4.82. The van der Waals surface area contributed by atoms with E-state index < -0.39 is 12.1 Å². The number of carbonyl (C=O) groups excluding carboxylic acids is 2. The predicted octanol–water partition coefficient (Wildman–Crippen LogP) is 1.07. The second kappa shape index (κ2) is 6.28. The van der Waals surface area contributed by atoms with Gasteiger partial charge >= 0.3 is 0 Å². The first-order chi connectivity index (χ1) is 9.93. The minimum Gasteiger partial charge on any atom is -0.342 e. The lowest BCUT2D eigenvalue weighted by Gasteiger charge is -2.39. The van der Waals surface area contributed by atoms with Crippen LogP contribution in [-0.2, 0) is 23.2 Å². The minimum atomic E-state index is -0.416. The minimum absolute atomic E-state index is 0.00171. The normalized spacial score (nSPS) is 22.8. The molecule has 116 valence electrons. The second-order valence-corrected chi connectivity index (χ2v) is 6.04. The highest BCUT2D eigenvalue weighted by molar-refractivity contribution is 5.96. The lowest BCUT2D eigenvalue weighted by Crippen LogP contribution is -2.63. The molecular weight excluding hydrogens is 268 g/mol. The number of aryl methyl sites for hydroxylation is 1. The topological polar surface area (TPSA) is 67.2 Å². The third-order valence-electron chi connectivity index (χ3n) is 3.90. The number of nitrogens with zero attached hydrogens (tertiary/aromatic N) is 3. The van der Waals surface area contributed by atoms with Gasteiger partial charge in [0, 0.05) is 19.4 Å². The molecule has 6 nitrogen and oxygen atoms in total. The number of aromatic nitrogens is 2. The Bertz CT molecular complexity index is 523. The Labute approximate surface area is 125 Å². The number of rotatable bonds is 5.